The number of aliphatic hydroxyl groups is 2. The van der Waals surface area contributed by atoms with Crippen LogP contribution in [-0.4, -0.2) is 36.0 Å². The Kier molecular flexibility index (Phi) is 10.2. The molecule has 0 aliphatic rings. The molecule has 62 valence electrons. The largest absolute Gasteiger partial charge is 0.463 e. The fourth-order valence-electron chi connectivity index (χ4n) is 0.238. The van der Waals surface area contributed by atoms with E-state index in [-0.39, 0.29) is 12.6 Å². The maximum absolute atomic E-state index is 10.0. The summed E-state index contributed by atoms with van der Waals surface area (Å²) in [6.07, 6.45) is -0.557. The quantitative estimate of drug-likeness (QED) is 0.523. The van der Waals surface area contributed by atoms with Gasteiger partial charge >= 0.3 is 5.97 Å². The second kappa shape index (κ2) is 8.39. The van der Waals surface area contributed by atoms with Crippen molar-refractivity contribution in [2.24, 2.45) is 0 Å². The van der Waals surface area contributed by atoms with Gasteiger partial charge < -0.3 is 14.9 Å². The molecule has 0 aliphatic carbocycles. The Hall–Kier alpha value is -0.610. The Morgan fingerprint density at radius 2 is 2.00 bits per heavy atom. The van der Waals surface area contributed by atoms with E-state index in [4.69, 9.17) is 10.2 Å². The van der Waals surface area contributed by atoms with Gasteiger partial charge in [0.25, 0.3) is 0 Å². The first-order valence-electron chi connectivity index (χ1n) is 2.89. The lowest BCUT2D eigenvalue weighted by Crippen LogP contribution is -2.12. The molecule has 2 N–H and O–H groups in total. The maximum Gasteiger partial charge on any atom is 0.302 e. The van der Waals surface area contributed by atoms with Crippen LogP contribution in [0.4, 0.5) is 0 Å². The zero-order valence-corrected chi connectivity index (χ0v) is 6.50. The lowest BCUT2D eigenvalue weighted by Gasteiger charge is -2.01. The third-order valence-corrected chi connectivity index (χ3v) is 0.528. The molecule has 1 unspecified atom stereocenters. The van der Waals surface area contributed by atoms with Crippen molar-refractivity contribution in [3.63, 3.8) is 0 Å². The van der Waals surface area contributed by atoms with E-state index >= 15 is 0 Å². The van der Waals surface area contributed by atoms with Crippen LogP contribution in [0.5, 0.6) is 0 Å². The van der Waals surface area contributed by atoms with Crippen LogP contribution in [0.15, 0.2) is 0 Å². The average Bonchev–Trinajstić information content (AvgIpc) is 1.89. The van der Waals surface area contributed by atoms with Crippen molar-refractivity contribution in [1.29, 1.82) is 0 Å². The maximum atomic E-state index is 10.0. The van der Waals surface area contributed by atoms with Crippen LogP contribution in [0.3, 0.4) is 0 Å². The summed E-state index contributed by atoms with van der Waals surface area (Å²) in [6.45, 7) is 2.96. The lowest BCUT2D eigenvalue weighted by molar-refractivity contribution is -0.143. The molecular weight excluding hydrogens is 136 g/mol. The van der Waals surface area contributed by atoms with Gasteiger partial charge in [0.1, 0.15) is 6.61 Å². The molecule has 0 aliphatic heterocycles. The van der Waals surface area contributed by atoms with Gasteiger partial charge in [-0.05, 0) is 6.92 Å². The number of ether oxygens (including phenoxy) is 1. The molecule has 0 amide bonds. The van der Waals surface area contributed by atoms with Gasteiger partial charge in [-0.3, -0.25) is 4.79 Å². The van der Waals surface area contributed by atoms with Crippen LogP contribution in [0, 0.1) is 0 Å². The summed E-state index contributed by atoms with van der Waals surface area (Å²) in [5, 5.41) is 15.5. The average molecular weight is 150 g/mol. The highest BCUT2D eigenvalue weighted by Crippen LogP contribution is 1.81. The standard InChI is InChI=1S/C5H10O3.CH4O/c1-4(6)3-8-5(2)7;1-2/h4,6H,3H2,1-2H3;2H,1H3. The number of hydrogen-bond donors (Lipinski definition) is 2. The first kappa shape index (κ1) is 12.1. The zero-order chi connectivity index (χ0) is 8.57. The third kappa shape index (κ3) is 15.7. The van der Waals surface area contributed by atoms with Gasteiger partial charge in [0.15, 0.2) is 0 Å². The highest BCUT2D eigenvalue weighted by Gasteiger charge is 1.96. The first-order valence-corrected chi connectivity index (χ1v) is 2.89. The molecule has 1 atom stereocenters. The van der Waals surface area contributed by atoms with E-state index in [1.807, 2.05) is 0 Å². The summed E-state index contributed by atoms with van der Waals surface area (Å²) in [7, 11) is 1.00. The number of aliphatic hydroxyl groups excluding tert-OH is 2. The molecule has 4 heteroatoms. The normalized spacial score (nSPS) is 10.9. The van der Waals surface area contributed by atoms with Crippen LogP contribution in [0.1, 0.15) is 13.8 Å². The Labute approximate surface area is 60.4 Å². The lowest BCUT2D eigenvalue weighted by atomic mass is 10.4. The molecule has 0 aromatic heterocycles. The molecule has 4 nitrogen and oxygen atoms in total. The van der Waals surface area contributed by atoms with Gasteiger partial charge in [-0.2, -0.15) is 0 Å². The molecular formula is C6H14O4. The highest BCUT2D eigenvalue weighted by atomic mass is 16.5. The monoisotopic (exact) mass is 150 g/mol. The minimum absolute atomic E-state index is 0.0926. The van der Waals surface area contributed by atoms with Crippen LogP contribution in [0.25, 0.3) is 0 Å². The first-order chi connectivity index (χ1) is 4.63. The summed E-state index contributed by atoms with van der Waals surface area (Å²) >= 11 is 0. The molecule has 0 aromatic rings. The Morgan fingerprint density at radius 1 is 1.60 bits per heavy atom. The predicted molar refractivity (Wildman–Crippen MR) is 36.5 cm³/mol. The van der Waals surface area contributed by atoms with Crippen LogP contribution >= 0.6 is 0 Å². The number of carbonyl (C=O) groups excluding carboxylic acids is 1. The molecule has 10 heavy (non-hydrogen) atoms. The smallest absolute Gasteiger partial charge is 0.302 e. The number of hydrogen-bond acceptors (Lipinski definition) is 4. The topological polar surface area (TPSA) is 66.8 Å². The van der Waals surface area contributed by atoms with Crippen molar-refractivity contribution in [3.05, 3.63) is 0 Å². The van der Waals surface area contributed by atoms with E-state index in [2.05, 4.69) is 4.74 Å². The second-order valence-electron chi connectivity index (χ2n) is 1.65. The molecule has 0 rings (SSSR count). The van der Waals surface area contributed by atoms with Gasteiger partial charge in [0.05, 0.1) is 6.10 Å². The number of carbonyl (C=O) groups is 1. The minimum atomic E-state index is -0.557. The number of esters is 1. The Balaban J connectivity index is 0. The number of rotatable bonds is 2. The molecule has 0 saturated heterocycles. The molecule has 0 aromatic carbocycles. The van der Waals surface area contributed by atoms with Crippen molar-refractivity contribution in [3.8, 4) is 0 Å². The van der Waals surface area contributed by atoms with E-state index in [0.717, 1.165) is 7.11 Å². The summed E-state index contributed by atoms with van der Waals surface area (Å²) in [6, 6.07) is 0. The van der Waals surface area contributed by atoms with Gasteiger partial charge in [0.2, 0.25) is 0 Å². The van der Waals surface area contributed by atoms with Crippen molar-refractivity contribution in [2.45, 2.75) is 20.0 Å². The van der Waals surface area contributed by atoms with Crippen LogP contribution in [0.2, 0.25) is 0 Å². The van der Waals surface area contributed by atoms with Crippen molar-refractivity contribution in [1.82, 2.24) is 0 Å². The second-order valence-corrected chi connectivity index (χ2v) is 1.65. The van der Waals surface area contributed by atoms with E-state index in [1.54, 1.807) is 6.92 Å². The van der Waals surface area contributed by atoms with E-state index in [0.29, 0.717) is 0 Å². The minimum Gasteiger partial charge on any atom is -0.463 e. The molecule has 0 radical (unpaired) electrons. The molecule has 0 bridgehead atoms. The van der Waals surface area contributed by atoms with E-state index in [9.17, 15) is 4.79 Å². The summed E-state index contributed by atoms with van der Waals surface area (Å²) in [4.78, 5) is 10.0. The van der Waals surface area contributed by atoms with Crippen molar-refractivity contribution >= 4 is 5.97 Å². The Bertz CT molecular complexity index is 79.8. The van der Waals surface area contributed by atoms with E-state index in [1.165, 1.54) is 6.92 Å². The highest BCUT2D eigenvalue weighted by molar-refractivity contribution is 5.65. The zero-order valence-electron chi connectivity index (χ0n) is 6.50. The SMILES string of the molecule is CC(=O)OCC(C)O.CO. The predicted octanol–water partition coefficient (Wildman–Crippen LogP) is -0.461. The van der Waals surface area contributed by atoms with Gasteiger partial charge in [-0.25, -0.2) is 0 Å². The van der Waals surface area contributed by atoms with Crippen LogP contribution in [-0.2, 0) is 9.53 Å². The van der Waals surface area contributed by atoms with Crippen molar-refractivity contribution < 1.29 is 19.7 Å². The summed E-state index contributed by atoms with van der Waals surface area (Å²) in [5.41, 5.74) is 0. The third-order valence-electron chi connectivity index (χ3n) is 0.528. The molecule has 0 heterocycles. The molecule has 0 saturated carbocycles. The summed E-state index contributed by atoms with van der Waals surface area (Å²) in [5.74, 6) is -0.356. The molecule has 0 spiro atoms. The van der Waals surface area contributed by atoms with Gasteiger partial charge in [-0.1, -0.05) is 0 Å². The van der Waals surface area contributed by atoms with Gasteiger partial charge in [-0.15, -0.1) is 0 Å². The molecule has 0 fully saturated rings. The fourth-order valence-corrected chi connectivity index (χ4v) is 0.238. The van der Waals surface area contributed by atoms with Gasteiger partial charge in [0, 0.05) is 14.0 Å². The fraction of sp³-hybridized carbons (Fsp3) is 0.833. The summed E-state index contributed by atoms with van der Waals surface area (Å²) < 4.78 is 4.41. The van der Waals surface area contributed by atoms with E-state index < -0.39 is 6.10 Å². The van der Waals surface area contributed by atoms with Crippen LogP contribution < -0.4 is 0 Å². The Morgan fingerprint density at radius 3 is 2.10 bits per heavy atom. The van der Waals surface area contributed by atoms with Crippen molar-refractivity contribution in [2.75, 3.05) is 13.7 Å².